The summed E-state index contributed by atoms with van der Waals surface area (Å²) in [4.78, 5) is 7.63. The number of methoxy groups -OCH3 is 1. The number of aromatic amines is 1. The van der Waals surface area contributed by atoms with Crippen molar-refractivity contribution >= 4 is 16.6 Å². The Balaban J connectivity index is 1.79. The van der Waals surface area contributed by atoms with Gasteiger partial charge in [-0.1, -0.05) is 12.1 Å². The van der Waals surface area contributed by atoms with Crippen LogP contribution in [-0.4, -0.2) is 17.2 Å². The second kappa shape index (κ2) is 7.33. The van der Waals surface area contributed by atoms with E-state index < -0.39 is 0 Å². The van der Waals surface area contributed by atoms with E-state index in [9.17, 15) is 5.11 Å². The number of pyridine rings is 2. The number of phenolic OH excluding ortho intramolecular Hbond substituents is 1. The number of ether oxygens (including phenoxy) is 1. The number of phenols is 1. The predicted molar refractivity (Wildman–Crippen MR) is 105 cm³/mol. The maximum Gasteiger partial charge on any atom is 0.253 e. The van der Waals surface area contributed by atoms with Gasteiger partial charge in [0.05, 0.1) is 24.2 Å². The summed E-state index contributed by atoms with van der Waals surface area (Å²) in [5.74, 6) is 1.00. The molecule has 0 spiro atoms. The van der Waals surface area contributed by atoms with Crippen LogP contribution in [0.2, 0.25) is 0 Å². The van der Waals surface area contributed by atoms with E-state index in [4.69, 9.17) is 4.74 Å². The molecule has 2 aromatic heterocycles. The van der Waals surface area contributed by atoms with Crippen LogP contribution in [0.15, 0.2) is 79.1 Å². The smallest absolute Gasteiger partial charge is 0.253 e. The lowest BCUT2D eigenvalue weighted by atomic mass is 9.99. The van der Waals surface area contributed by atoms with E-state index in [2.05, 4.69) is 15.3 Å². The summed E-state index contributed by atoms with van der Waals surface area (Å²) in [7, 11) is 1.64. The Morgan fingerprint density at radius 3 is 2.59 bits per heavy atom. The molecule has 0 amide bonds. The van der Waals surface area contributed by atoms with E-state index in [0.717, 1.165) is 28.1 Å². The van der Waals surface area contributed by atoms with E-state index >= 15 is 0 Å². The van der Waals surface area contributed by atoms with E-state index in [0.29, 0.717) is 5.52 Å². The molecule has 1 unspecified atom stereocenters. The number of hydrogen-bond acceptors (Lipinski definition) is 4. The second-order valence-electron chi connectivity index (χ2n) is 6.20. The number of benzene rings is 2. The molecule has 0 aliphatic rings. The first-order valence-corrected chi connectivity index (χ1v) is 8.70. The van der Waals surface area contributed by atoms with Crippen molar-refractivity contribution < 1.29 is 14.8 Å². The lowest BCUT2D eigenvalue weighted by Crippen LogP contribution is -2.15. The van der Waals surface area contributed by atoms with Crippen LogP contribution in [0, 0.1) is 0 Å². The lowest BCUT2D eigenvalue weighted by Gasteiger charge is -2.21. The summed E-state index contributed by atoms with van der Waals surface area (Å²) in [6.45, 7) is 0. The van der Waals surface area contributed by atoms with Crippen molar-refractivity contribution in [3.63, 3.8) is 0 Å². The fraction of sp³-hybridized carbons (Fsp3) is 0.0909. The number of anilines is 1. The van der Waals surface area contributed by atoms with Gasteiger partial charge in [-0.3, -0.25) is 4.98 Å². The van der Waals surface area contributed by atoms with Gasteiger partial charge in [-0.2, -0.15) is 0 Å². The highest BCUT2D eigenvalue weighted by atomic mass is 16.5. The van der Waals surface area contributed by atoms with Crippen molar-refractivity contribution in [3.05, 3.63) is 90.4 Å². The van der Waals surface area contributed by atoms with E-state index in [1.165, 1.54) is 0 Å². The molecule has 0 aliphatic heterocycles. The monoisotopic (exact) mass is 358 g/mol. The molecule has 2 heterocycles. The van der Waals surface area contributed by atoms with Gasteiger partial charge in [0.25, 0.3) is 5.52 Å². The molecule has 2 aromatic carbocycles. The molecule has 0 saturated heterocycles. The molecule has 5 heteroatoms. The van der Waals surface area contributed by atoms with Gasteiger partial charge in [-0.05, 0) is 48.5 Å². The summed E-state index contributed by atoms with van der Waals surface area (Å²) in [6.07, 6.45) is 3.56. The van der Waals surface area contributed by atoms with Crippen molar-refractivity contribution in [1.29, 1.82) is 0 Å². The minimum absolute atomic E-state index is 0.213. The minimum atomic E-state index is -0.308. The van der Waals surface area contributed by atoms with Crippen LogP contribution in [0.25, 0.3) is 10.9 Å². The average molecular weight is 358 g/mol. The number of nitrogens with one attached hydrogen (secondary N) is 2. The van der Waals surface area contributed by atoms with E-state index in [1.807, 2.05) is 66.7 Å². The topological polar surface area (TPSA) is 68.5 Å². The SMILES string of the molecule is COc1ccc(NC(c2ccccn2)c2ccc3ccc[nH+]c3c2O)cc1. The van der Waals surface area contributed by atoms with Crippen molar-refractivity contribution in [2.45, 2.75) is 6.04 Å². The van der Waals surface area contributed by atoms with E-state index in [1.54, 1.807) is 19.5 Å². The number of nitrogens with zero attached hydrogens (tertiary/aromatic N) is 1. The largest absolute Gasteiger partial charge is 0.502 e. The highest BCUT2D eigenvalue weighted by molar-refractivity contribution is 5.83. The maximum atomic E-state index is 10.9. The number of rotatable bonds is 5. The predicted octanol–water partition coefficient (Wildman–Crippen LogP) is 3.96. The summed E-state index contributed by atoms with van der Waals surface area (Å²) >= 11 is 0. The first kappa shape index (κ1) is 16.8. The van der Waals surface area contributed by atoms with Gasteiger partial charge in [0, 0.05) is 23.5 Å². The van der Waals surface area contributed by atoms with Gasteiger partial charge in [-0.15, -0.1) is 0 Å². The van der Waals surface area contributed by atoms with Gasteiger partial charge in [0.2, 0.25) is 0 Å². The minimum Gasteiger partial charge on any atom is -0.502 e. The van der Waals surface area contributed by atoms with Gasteiger partial charge < -0.3 is 15.2 Å². The number of fused-ring (bicyclic) bond motifs is 1. The Morgan fingerprint density at radius 1 is 1.00 bits per heavy atom. The Morgan fingerprint density at radius 2 is 1.85 bits per heavy atom. The fourth-order valence-corrected chi connectivity index (χ4v) is 3.14. The first-order chi connectivity index (χ1) is 13.3. The Bertz CT molecular complexity index is 1050. The highest BCUT2D eigenvalue weighted by Gasteiger charge is 2.22. The zero-order chi connectivity index (χ0) is 18.6. The molecule has 0 radical (unpaired) electrons. The van der Waals surface area contributed by atoms with Gasteiger partial charge in [0.15, 0.2) is 11.9 Å². The molecule has 3 N–H and O–H groups in total. The molecular formula is C22H20N3O2+. The quantitative estimate of drug-likeness (QED) is 0.566. The van der Waals surface area contributed by atoms with Crippen molar-refractivity contribution in [2.24, 2.45) is 0 Å². The standard InChI is InChI=1S/C22H19N3O2/c1-27-17-10-8-16(9-11-17)25-21(19-6-2-3-13-23-19)18-12-7-15-5-4-14-24-20(15)22(18)26/h2-14,21,25-26H,1H3/p+1. The van der Waals surface area contributed by atoms with Crippen LogP contribution in [0.3, 0.4) is 0 Å². The number of H-pyrrole nitrogens is 1. The summed E-state index contributed by atoms with van der Waals surface area (Å²) < 4.78 is 5.23. The van der Waals surface area contributed by atoms with Crippen molar-refractivity contribution in [1.82, 2.24) is 4.98 Å². The third kappa shape index (κ3) is 3.40. The third-order valence-electron chi connectivity index (χ3n) is 4.54. The Kier molecular flexibility index (Phi) is 4.58. The Labute approximate surface area is 157 Å². The molecule has 1 atom stereocenters. The average Bonchev–Trinajstić information content (AvgIpc) is 2.74. The molecule has 0 fully saturated rings. The van der Waals surface area contributed by atoms with Gasteiger partial charge >= 0.3 is 0 Å². The molecule has 0 saturated carbocycles. The number of hydrogen-bond donors (Lipinski definition) is 2. The van der Waals surface area contributed by atoms with Crippen molar-refractivity contribution in [2.75, 3.05) is 12.4 Å². The molecule has 4 aromatic rings. The summed E-state index contributed by atoms with van der Waals surface area (Å²) in [5, 5.41) is 15.3. The molecule has 0 bridgehead atoms. The van der Waals surface area contributed by atoms with Crippen LogP contribution in [0.4, 0.5) is 5.69 Å². The molecule has 0 aliphatic carbocycles. The van der Waals surface area contributed by atoms with E-state index in [-0.39, 0.29) is 11.8 Å². The number of aromatic hydroxyl groups is 1. The van der Waals surface area contributed by atoms with Gasteiger partial charge in [-0.25, -0.2) is 4.98 Å². The molecule has 27 heavy (non-hydrogen) atoms. The summed E-state index contributed by atoms with van der Waals surface area (Å²) in [6, 6.07) is 20.9. The van der Waals surface area contributed by atoms with Gasteiger partial charge in [0.1, 0.15) is 5.75 Å². The molecular weight excluding hydrogens is 338 g/mol. The number of aromatic nitrogens is 2. The van der Waals surface area contributed by atoms with Crippen molar-refractivity contribution in [3.8, 4) is 11.5 Å². The zero-order valence-corrected chi connectivity index (χ0v) is 14.9. The third-order valence-corrected chi connectivity index (χ3v) is 4.54. The molecule has 5 nitrogen and oxygen atoms in total. The first-order valence-electron chi connectivity index (χ1n) is 8.70. The second-order valence-corrected chi connectivity index (χ2v) is 6.20. The maximum absolute atomic E-state index is 10.9. The van der Waals surface area contributed by atoms with Crippen LogP contribution >= 0.6 is 0 Å². The highest BCUT2D eigenvalue weighted by Crippen LogP contribution is 2.35. The fourth-order valence-electron chi connectivity index (χ4n) is 3.14. The van der Waals surface area contributed by atoms with Crippen LogP contribution in [-0.2, 0) is 0 Å². The van der Waals surface area contributed by atoms with Crippen LogP contribution < -0.4 is 15.0 Å². The molecule has 4 rings (SSSR count). The van der Waals surface area contributed by atoms with Crippen LogP contribution in [0.5, 0.6) is 11.5 Å². The lowest BCUT2D eigenvalue weighted by molar-refractivity contribution is -0.345. The molecule has 134 valence electrons. The van der Waals surface area contributed by atoms with Crippen LogP contribution in [0.1, 0.15) is 17.3 Å². The normalized spacial score (nSPS) is 11.9. The zero-order valence-electron chi connectivity index (χ0n) is 14.9. The Hall–Kier alpha value is -3.60. The summed E-state index contributed by atoms with van der Waals surface area (Å²) in [5.41, 5.74) is 3.17.